The molecule has 1 fully saturated rings. The lowest BCUT2D eigenvalue weighted by atomic mass is 9.95. The molecule has 0 unspecified atom stereocenters. The van der Waals surface area contributed by atoms with Gasteiger partial charge in [-0.25, -0.2) is 4.39 Å². The normalized spacial score (nSPS) is 15.6. The first-order valence-electron chi connectivity index (χ1n) is 10.6. The van der Waals surface area contributed by atoms with Crippen LogP contribution in [0.4, 0.5) is 4.39 Å². The number of amides is 1. The number of rotatable bonds is 8. The van der Waals surface area contributed by atoms with Crippen molar-refractivity contribution in [2.45, 2.75) is 46.5 Å². The van der Waals surface area contributed by atoms with E-state index in [1.807, 2.05) is 18.7 Å². The number of hydrogen-bond acceptors (Lipinski definition) is 5. The largest absolute Gasteiger partial charge is 0.343 e. The third kappa shape index (κ3) is 5.41. The van der Waals surface area contributed by atoms with Crippen molar-refractivity contribution in [1.29, 1.82) is 0 Å². The van der Waals surface area contributed by atoms with Crippen molar-refractivity contribution in [3.05, 3.63) is 35.5 Å². The highest BCUT2D eigenvalue weighted by molar-refractivity contribution is 5.78. The molecule has 0 saturated carbocycles. The van der Waals surface area contributed by atoms with Crippen molar-refractivity contribution in [3.8, 4) is 11.4 Å². The summed E-state index contributed by atoms with van der Waals surface area (Å²) < 4.78 is 19.1. The second kappa shape index (κ2) is 9.96. The Hall–Kier alpha value is -2.28. The van der Waals surface area contributed by atoms with Crippen molar-refractivity contribution < 1.29 is 13.7 Å². The molecule has 6 nitrogen and oxygen atoms in total. The van der Waals surface area contributed by atoms with Crippen LogP contribution in [0, 0.1) is 18.7 Å². The Morgan fingerprint density at radius 1 is 1.28 bits per heavy atom. The highest BCUT2D eigenvalue weighted by atomic mass is 19.1. The summed E-state index contributed by atoms with van der Waals surface area (Å²) >= 11 is 0. The Kier molecular flexibility index (Phi) is 7.36. The predicted octanol–water partition coefficient (Wildman–Crippen LogP) is 3.70. The lowest BCUT2D eigenvalue weighted by Crippen LogP contribution is -2.42. The molecule has 1 aliphatic rings. The molecule has 0 spiro atoms. The van der Waals surface area contributed by atoms with Gasteiger partial charge < -0.3 is 14.3 Å². The van der Waals surface area contributed by atoms with Crippen LogP contribution >= 0.6 is 0 Å². The fourth-order valence-corrected chi connectivity index (χ4v) is 3.86. The Labute approximate surface area is 172 Å². The number of aryl methyl sites for hydroxylation is 2. The van der Waals surface area contributed by atoms with Gasteiger partial charge in [0.05, 0.1) is 0 Å². The van der Waals surface area contributed by atoms with Crippen LogP contribution in [0.15, 0.2) is 22.7 Å². The molecule has 0 radical (unpaired) electrons. The molecule has 3 rings (SSSR count). The highest BCUT2D eigenvalue weighted by Gasteiger charge is 2.27. The molecule has 158 valence electrons. The van der Waals surface area contributed by atoms with Gasteiger partial charge in [0.1, 0.15) is 5.82 Å². The molecular weight excluding hydrogens is 371 g/mol. The van der Waals surface area contributed by atoms with Gasteiger partial charge in [0.2, 0.25) is 17.6 Å². The number of carbonyl (C=O) groups is 1. The summed E-state index contributed by atoms with van der Waals surface area (Å²) in [5.74, 6) is 1.21. The summed E-state index contributed by atoms with van der Waals surface area (Å²) in [5, 5.41) is 3.98. The summed E-state index contributed by atoms with van der Waals surface area (Å²) in [6.45, 7) is 10.2. The number of nitrogens with zero attached hydrogens (tertiary/aromatic N) is 4. The van der Waals surface area contributed by atoms with Gasteiger partial charge in [-0.3, -0.25) is 4.79 Å². The standard InChI is InChI=1S/C22H31FN4O2/c1-4-27(5-2)22(28)17-10-13-26(14-11-17)12-6-7-20-24-21(25-29-20)18-9-8-16(3)19(23)15-18/h8-9,15,17H,4-7,10-14H2,1-3H3. The van der Waals surface area contributed by atoms with Crippen molar-refractivity contribution in [2.75, 3.05) is 32.7 Å². The Bertz CT molecular complexity index is 811. The SMILES string of the molecule is CCN(CC)C(=O)C1CCN(CCCc2nc(-c3ccc(C)c(F)c3)no2)CC1. The molecule has 1 saturated heterocycles. The molecule has 0 aliphatic carbocycles. The van der Waals surface area contributed by atoms with Gasteiger partial charge >= 0.3 is 0 Å². The van der Waals surface area contributed by atoms with Gasteiger partial charge in [-0.15, -0.1) is 0 Å². The molecule has 1 amide bonds. The number of benzene rings is 1. The highest BCUT2D eigenvalue weighted by Crippen LogP contribution is 2.21. The minimum atomic E-state index is -0.267. The minimum absolute atomic E-state index is 0.166. The van der Waals surface area contributed by atoms with E-state index in [0.717, 1.165) is 52.0 Å². The fraction of sp³-hybridized carbons (Fsp3) is 0.591. The molecule has 0 N–H and O–H groups in total. The van der Waals surface area contributed by atoms with Crippen molar-refractivity contribution >= 4 is 5.91 Å². The first kappa shape index (κ1) is 21.4. The first-order chi connectivity index (χ1) is 14.0. The molecule has 1 aliphatic heterocycles. The van der Waals surface area contributed by atoms with Gasteiger partial charge in [0.25, 0.3) is 0 Å². The van der Waals surface area contributed by atoms with E-state index in [-0.39, 0.29) is 11.7 Å². The summed E-state index contributed by atoms with van der Waals surface area (Å²) in [6.07, 6.45) is 3.47. The number of carbonyl (C=O) groups excluding carboxylic acids is 1. The van der Waals surface area contributed by atoms with Crippen molar-refractivity contribution in [2.24, 2.45) is 5.92 Å². The summed E-state index contributed by atoms with van der Waals surface area (Å²) in [4.78, 5) is 21.2. The number of likely N-dealkylation sites (tertiary alicyclic amines) is 1. The third-order valence-electron chi connectivity index (χ3n) is 5.78. The molecule has 1 aromatic heterocycles. The molecule has 2 aromatic rings. The molecular formula is C22H31FN4O2. The van der Waals surface area contributed by atoms with E-state index in [1.165, 1.54) is 6.07 Å². The monoisotopic (exact) mass is 402 g/mol. The van der Waals surface area contributed by atoms with E-state index in [2.05, 4.69) is 15.0 Å². The molecule has 0 atom stereocenters. The van der Waals surface area contributed by atoms with E-state index in [4.69, 9.17) is 4.52 Å². The predicted molar refractivity (Wildman–Crippen MR) is 110 cm³/mol. The van der Waals surface area contributed by atoms with E-state index < -0.39 is 0 Å². The molecule has 0 bridgehead atoms. The van der Waals surface area contributed by atoms with Gasteiger partial charge in [-0.05, 0) is 71.3 Å². The number of aromatic nitrogens is 2. The minimum Gasteiger partial charge on any atom is -0.343 e. The van der Waals surface area contributed by atoms with Crippen LogP contribution in [0.5, 0.6) is 0 Å². The second-order valence-corrected chi connectivity index (χ2v) is 7.71. The maximum atomic E-state index is 13.7. The van der Waals surface area contributed by atoms with Gasteiger partial charge in [0, 0.05) is 31.0 Å². The van der Waals surface area contributed by atoms with Crippen LogP contribution in [0.25, 0.3) is 11.4 Å². The summed E-state index contributed by atoms with van der Waals surface area (Å²) in [6, 6.07) is 4.96. The Morgan fingerprint density at radius 2 is 2.00 bits per heavy atom. The van der Waals surface area contributed by atoms with E-state index in [1.54, 1.807) is 19.1 Å². The zero-order valence-corrected chi connectivity index (χ0v) is 17.7. The second-order valence-electron chi connectivity index (χ2n) is 7.71. The summed E-state index contributed by atoms with van der Waals surface area (Å²) in [7, 11) is 0. The average Bonchev–Trinajstić information content (AvgIpc) is 3.20. The maximum absolute atomic E-state index is 13.7. The molecule has 7 heteroatoms. The van der Waals surface area contributed by atoms with Crippen LogP contribution in [-0.4, -0.2) is 58.6 Å². The fourth-order valence-electron chi connectivity index (χ4n) is 3.86. The zero-order valence-electron chi connectivity index (χ0n) is 17.7. The van der Waals surface area contributed by atoms with E-state index in [9.17, 15) is 9.18 Å². The van der Waals surface area contributed by atoms with E-state index in [0.29, 0.717) is 35.2 Å². The number of halogens is 1. The van der Waals surface area contributed by atoms with Gasteiger partial charge in [0.15, 0.2) is 0 Å². The molecule has 29 heavy (non-hydrogen) atoms. The Morgan fingerprint density at radius 3 is 2.66 bits per heavy atom. The summed E-state index contributed by atoms with van der Waals surface area (Å²) in [5.41, 5.74) is 1.23. The van der Waals surface area contributed by atoms with Crippen LogP contribution < -0.4 is 0 Å². The van der Waals surface area contributed by atoms with Crippen LogP contribution in [0.3, 0.4) is 0 Å². The van der Waals surface area contributed by atoms with Crippen molar-refractivity contribution in [3.63, 3.8) is 0 Å². The topological polar surface area (TPSA) is 62.5 Å². The van der Waals surface area contributed by atoms with Gasteiger partial charge in [-0.1, -0.05) is 17.3 Å². The lowest BCUT2D eigenvalue weighted by Gasteiger charge is -2.33. The number of piperidine rings is 1. The smallest absolute Gasteiger partial charge is 0.227 e. The third-order valence-corrected chi connectivity index (χ3v) is 5.78. The lowest BCUT2D eigenvalue weighted by molar-refractivity contribution is -0.136. The number of hydrogen-bond donors (Lipinski definition) is 0. The Balaban J connectivity index is 1.43. The zero-order chi connectivity index (χ0) is 20.8. The first-order valence-corrected chi connectivity index (χ1v) is 10.6. The van der Waals surface area contributed by atoms with Crippen LogP contribution in [0.1, 0.15) is 44.6 Å². The molecule has 2 heterocycles. The quantitative estimate of drug-likeness (QED) is 0.674. The van der Waals surface area contributed by atoms with E-state index >= 15 is 0 Å². The average molecular weight is 403 g/mol. The van der Waals surface area contributed by atoms with Gasteiger partial charge in [-0.2, -0.15) is 4.98 Å². The van der Waals surface area contributed by atoms with Crippen LogP contribution in [-0.2, 0) is 11.2 Å². The molecule has 1 aromatic carbocycles. The van der Waals surface area contributed by atoms with Crippen molar-refractivity contribution in [1.82, 2.24) is 19.9 Å². The van der Waals surface area contributed by atoms with Crippen LogP contribution in [0.2, 0.25) is 0 Å². The maximum Gasteiger partial charge on any atom is 0.227 e.